The van der Waals surface area contributed by atoms with E-state index in [0.717, 1.165) is 6.42 Å². The van der Waals surface area contributed by atoms with Crippen LogP contribution in [0.25, 0.3) is 0 Å². The van der Waals surface area contributed by atoms with E-state index in [-0.39, 0.29) is 6.10 Å². The number of aliphatic hydroxyl groups is 1. The van der Waals surface area contributed by atoms with Crippen molar-refractivity contribution in [2.24, 2.45) is 17.8 Å². The minimum Gasteiger partial charge on any atom is -0.389 e. The van der Waals surface area contributed by atoms with Gasteiger partial charge in [-0.25, -0.2) is 0 Å². The van der Waals surface area contributed by atoms with E-state index < -0.39 is 0 Å². The molecule has 0 unspecified atom stereocenters. The first-order valence-corrected chi connectivity index (χ1v) is 6.26. The molecule has 2 aliphatic carbocycles. The van der Waals surface area contributed by atoms with Crippen LogP contribution in [0.2, 0.25) is 0 Å². The van der Waals surface area contributed by atoms with Gasteiger partial charge in [0.25, 0.3) is 0 Å². The molecule has 0 aliphatic heterocycles. The Labute approximate surface area is 98.6 Å². The molecule has 1 N–H and O–H groups in total. The molecule has 0 aromatic heterocycles. The molecule has 1 heteroatoms. The van der Waals surface area contributed by atoms with Crippen molar-refractivity contribution < 1.29 is 5.11 Å². The quantitative estimate of drug-likeness (QED) is 0.714. The van der Waals surface area contributed by atoms with Crippen molar-refractivity contribution in [2.45, 2.75) is 40.2 Å². The average molecular weight is 218 g/mol. The van der Waals surface area contributed by atoms with Gasteiger partial charge in [0, 0.05) is 0 Å². The average Bonchev–Trinajstić information content (AvgIpc) is 2.18. The molecular weight excluding hydrogens is 196 g/mol. The van der Waals surface area contributed by atoms with E-state index in [2.05, 4.69) is 39.8 Å². The van der Waals surface area contributed by atoms with E-state index >= 15 is 0 Å². The largest absolute Gasteiger partial charge is 0.389 e. The zero-order valence-corrected chi connectivity index (χ0v) is 10.7. The molecule has 0 radical (unpaired) electrons. The molecule has 0 aromatic carbocycles. The van der Waals surface area contributed by atoms with Crippen LogP contribution in [0.4, 0.5) is 0 Å². The maximum atomic E-state index is 10.2. The number of hydrogen-bond donors (Lipinski definition) is 1. The van der Waals surface area contributed by atoms with E-state index in [1.807, 2.05) is 6.08 Å². The highest BCUT2D eigenvalue weighted by molar-refractivity contribution is 5.43. The summed E-state index contributed by atoms with van der Waals surface area (Å²) in [6.07, 6.45) is 7.44. The molecule has 16 heavy (non-hydrogen) atoms. The summed E-state index contributed by atoms with van der Waals surface area (Å²) in [5.41, 5.74) is 4.07. The standard InChI is InChI=1S/C15H22O/c1-9(2)15-12-6-5-10(3)7-13(12)11(4)8-14(15)16/h5,7-9,12,14-16H,6H2,1-4H3/t12-,14+,15+/m0/s1. The first kappa shape index (κ1) is 11.7. The molecular formula is C15H22O. The van der Waals surface area contributed by atoms with Crippen LogP contribution in [0.5, 0.6) is 0 Å². The second kappa shape index (κ2) is 4.21. The van der Waals surface area contributed by atoms with Crippen molar-refractivity contribution in [3.05, 3.63) is 34.9 Å². The van der Waals surface area contributed by atoms with Crippen molar-refractivity contribution in [1.29, 1.82) is 0 Å². The highest BCUT2D eigenvalue weighted by Gasteiger charge is 2.36. The third kappa shape index (κ3) is 1.89. The maximum absolute atomic E-state index is 10.2. The topological polar surface area (TPSA) is 20.2 Å². The number of fused-ring (bicyclic) bond motifs is 1. The molecule has 0 heterocycles. The summed E-state index contributed by atoms with van der Waals surface area (Å²) in [6, 6.07) is 0. The maximum Gasteiger partial charge on any atom is 0.0763 e. The molecule has 2 rings (SSSR count). The van der Waals surface area contributed by atoms with Gasteiger partial charge in [0.15, 0.2) is 0 Å². The van der Waals surface area contributed by atoms with Crippen LogP contribution < -0.4 is 0 Å². The van der Waals surface area contributed by atoms with Gasteiger partial charge in [0.2, 0.25) is 0 Å². The molecule has 0 saturated heterocycles. The van der Waals surface area contributed by atoms with E-state index in [1.165, 1.54) is 16.7 Å². The summed E-state index contributed by atoms with van der Waals surface area (Å²) in [5, 5.41) is 10.2. The van der Waals surface area contributed by atoms with Crippen molar-refractivity contribution in [3.63, 3.8) is 0 Å². The summed E-state index contributed by atoms with van der Waals surface area (Å²) in [4.78, 5) is 0. The highest BCUT2D eigenvalue weighted by Crippen LogP contribution is 2.43. The number of aliphatic hydroxyl groups excluding tert-OH is 1. The Balaban J connectivity index is 2.40. The molecule has 0 aromatic rings. The van der Waals surface area contributed by atoms with Gasteiger partial charge in [-0.15, -0.1) is 0 Å². The van der Waals surface area contributed by atoms with Gasteiger partial charge < -0.3 is 5.11 Å². The van der Waals surface area contributed by atoms with Gasteiger partial charge in [-0.2, -0.15) is 0 Å². The Morgan fingerprint density at radius 1 is 1.31 bits per heavy atom. The summed E-state index contributed by atoms with van der Waals surface area (Å²) < 4.78 is 0. The fourth-order valence-electron chi connectivity index (χ4n) is 3.18. The Bertz CT molecular complexity index is 371. The molecule has 2 aliphatic rings. The van der Waals surface area contributed by atoms with Crippen LogP contribution in [0.1, 0.15) is 34.1 Å². The van der Waals surface area contributed by atoms with E-state index in [0.29, 0.717) is 17.8 Å². The lowest BCUT2D eigenvalue weighted by Gasteiger charge is -2.40. The molecule has 0 fully saturated rings. The molecule has 3 atom stereocenters. The number of allylic oxidation sites excluding steroid dienone is 5. The lowest BCUT2D eigenvalue weighted by Crippen LogP contribution is -2.36. The molecule has 1 nitrogen and oxygen atoms in total. The third-order valence-corrected chi connectivity index (χ3v) is 3.98. The minimum atomic E-state index is -0.269. The molecule has 0 amide bonds. The van der Waals surface area contributed by atoms with Gasteiger partial charge in [0.1, 0.15) is 0 Å². The Morgan fingerprint density at radius 2 is 2.00 bits per heavy atom. The molecule has 0 saturated carbocycles. The Hall–Kier alpha value is -0.820. The first-order chi connectivity index (χ1) is 7.50. The van der Waals surface area contributed by atoms with Crippen molar-refractivity contribution in [1.82, 2.24) is 0 Å². The zero-order chi connectivity index (χ0) is 11.9. The summed E-state index contributed by atoms with van der Waals surface area (Å²) in [6.45, 7) is 8.71. The monoisotopic (exact) mass is 218 g/mol. The zero-order valence-electron chi connectivity index (χ0n) is 10.7. The lowest BCUT2D eigenvalue weighted by atomic mass is 9.67. The van der Waals surface area contributed by atoms with Gasteiger partial charge in [-0.1, -0.05) is 37.6 Å². The van der Waals surface area contributed by atoms with Crippen LogP contribution >= 0.6 is 0 Å². The van der Waals surface area contributed by atoms with Crippen LogP contribution in [-0.2, 0) is 0 Å². The third-order valence-electron chi connectivity index (χ3n) is 3.98. The number of hydrogen-bond acceptors (Lipinski definition) is 1. The predicted molar refractivity (Wildman–Crippen MR) is 68.0 cm³/mol. The minimum absolute atomic E-state index is 0.269. The summed E-state index contributed by atoms with van der Waals surface area (Å²) >= 11 is 0. The van der Waals surface area contributed by atoms with Gasteiger partial charge in [-0.3, -0.25) is 0 Å². The van der Waals surface area contributed by atoms with Crippen molar-refractivity contribution in [3.8, 4) is 0 Å². The lowest BCUT2D eigenvalue weighted by molar-refractivity contribution is 0.0834. The highest BCUT2D eigenvalue weighted by atomic mass is 16.3. The van der Waals surface area contributed by atoms with Crippen LogP contribution in [0, 0.1) is 17.8 Å². The van der Waals surface area contributed by atoms with Crippen molar-refractivity contribution >= 4 is 0 Å². The van der Waals surface area contributed by atoms with Crippen molar-refractivity contribution in [2.75, 3.05) is 0 Å². The summed E-state index contributed by atoms with van der Waals surface area (Å²) in [5.74, 6) is 1.42. The second-order valence-corrected chi connectivity index (χ2v) is 5.55. The Kier molecular flexibility index (Phi) is 3.07. The van der Waals surface area contributed by atoms with Crippen LogP contribution in [0.3, 0.4) is 0 Å². The van der Waals surface area contributed by atoms with Crippen LogP contribution in [0.15, 0.2) is 34.9 Å². The predicted octanol–water partition coefficient (Wildman–Crippen LogP) is 3.47. The van der Waals surface area contributed by atoms with Gasteiger partial charge in [-0.05, 0) is 49.2 Å². The second-order valence-electron chi connectivity index (χ2n) is 5.55. The molecule has 88 valence electrons. The van der Waals surface area contributed by atoms with E-state index in [4.69, 9.17) is 0 Å². The first-order valence-electron chi connectivity index (χ1n) is 6.26. The van der Waals surface area contributed by atoms with E-state index in [9.17, 15) is 5.11 Å². The smallest absolute Gasteiger partial charge is 0.0763 e. The normalized spacial score (nSPS) is 34.1. The SMILES string of the molecule is CC1=CC[C@H]2C(=C1)C(C)=C[C@@H](O)[C@@H]2C(C)C. The Morgan fingerprint density at radius 3 is 2.62 bits per heavy atom. The fraction of sp³-hybridized carbons (Fsp3) is 0.600. The summed E-state index contributed by atoms with van der Waals surface area (Å²) in [7, 11) is 0. The molecule has 0 spiro atoms. The van der Waals surface area contributed by atoms with Crippen LogP contribution in [-0.4, -0.2) is 11.2 Å². The van der Waals surface area contributed by atoms with E-state index in [1.54, 1.807) is 0 Å². The van der Waals surface area contributed by atoms with Gasteiger partial charge >= 0.3 is 0 Å². The fourth-order valence-corrected chi connectivity index (χ4v) is 3.18. The molecule has 0 bridgehead atoms. The van der Waals surface area contributed by atoms with Gasteiger partial charge in [0.05, 0.1) is 6.10 Å². The number of rotatable bonds is 1.